The molecule has 0 aliphatic rings. The van der Waals surface area contributed by atoms with Gasteiger partial charge in [0.05, 0.1) is 6.04 Å². The minimum atomic E-state index is -0.466. The molecule has 1 aromatic rings. The first-order chi connectivity index (χ1) is 11.3. The van der Waals surface area contributed by atoms with Crippen molar-refractivity contribution in [3.8, 4) is 5.75 Å². The van der Waals surface area contributed by atoms with Gasteiger partial charge >= 0.3 is 6.03 Å². The highest BCUT2D eigenvalue weighted by molar-refractivity contribution is 6.30. The number of carbonyl (C=O) groups excluding carboxylic acids is 2. The zero-order valence-electron chi connectivity index (χ0n) is 14.6. The molecule has 0 aromatic heterocycles. The molecule has 0 aliphatic carbocycles. The molecule has 0 heterocycles. The molecule has 0 saturated carbocycles. The van der Waals surface area contributed by atoms with E-state index in [1.807, 2.05) is 25.8 Å². The summed E-state index contributed by atoms with van der Waals surface area (Å²) in [5.74, 6) is 0.708. The molecular weight excluding hydrogens is 330 g/mol. The van der Waals surface area contributed by atoms with Crippen molar-refractivity contribution in [2.24, 2.45) is 5.92 Å². The van der Waals surface area contributed by atoms with Gasteiger partial charge in [-0.05, 0) is 44.2 Å². The van der Waals surface area contributed by atoms with Gasteiger partial charge in [-0.15, -0.1) is 0 Å². The quantitative estimate of drug-likeness (QED) is 0.751. The van der Waals surface area contributed by atoms with Crippen molar-refractivity contribution in [2.75, 3.05) is 26.7 Å². The van der Waals surface area contributed by atoms with Crippen LogP contribution in [0.4, 0.5) is 4.79 Å². The van der Waals surface area contributed by atoms with E-state index in [4.69, 9.17) is 16.3 Å². The lowest BCUT2D eigenvalue weighted by Gasteiger charge is -2.23. The van der Waals surface area contributed by atoms with Crippen LogP contribution in [0.2, 0.25) is 5.02 Å². The zero-order chi connectivity index (χ0) is 18.1. The number of halogens is 1. The van der Waals surface area contributed by atoms with E-state index in [0.717, 1.165) is 5.75 Å². The number of nitrogens with zero attached hydrogens (tertiary/aromatic N) is 1. The average molecular weight is 356 g/mol. The van der Waals surface area contributed by atoms with E-state index in [2.05, 4.69) is 10.6 Å². The third kappa shape index (κ3) is 7.66. The fraction of sp³-hybridized carbons (Fsp3) is 0.529. The minimum absolute atomic E-state index is 0.330. The van der Waals surface area contributed by atoms with Crippen molar-refractivity contribution in [2.45, 2.75) is 26.8 Å². The lowest BCUT2D eigenvalue weighted by Crippen LogP contribution is -2.49. The van der Waals surface area contributed by atoms with Crippen LogP contribution in [0, 0.1) is 5.92 Å². The number of hydrogen-bond donors (Lipinski definition) is 2. The number of urea groups is 1. The molecule has 1 atom stereocenters. The molecule has 1 aromatic carbocycles. The first-order valence-electron chi connectivity index (χ1n) is 7.97. The third-order valence-corrected chi connectivity index (χ3v) is 3.73. The van der Waals surface area contributed by atoms with Crippen molar-refractivity contribution in [3.63, 3.8) is 0 Å². The monoisotopic (exact) mass is 355 g/mol. The number of nitrogens with one attached hydrogen (secondary N) is 2. The Morgan fingerprint density at radius 1 is 1.21 bits per heavy atom. The van der Waals surface area contributed by atoms with Crippen LogP contribution in [0.3, 0.4) is 0 Å². The van der Waals surface area contributed by atoms with Crippen molar-refractivity contribution in [3.05, 3.63) is 29.3 Å². The summed E-state index contributed by atoms with van der Waals surface area (Å²) >= 11 is 5.81. The summed E-state index contributed by atoms with van der Waals surface area (Å²) in [6, 6.07) is 6.18. The summed E-state index contributed by atoms with van der Waals surface area (Å²) in [4.78, 5) is 25.5. The summed E-state index contributed by atoms with van der Waals surface area (Å²) in [7, 11) is 1.81. The molecule has 6 nitrogen and oxygen atoms in total. The van der Waals surface area contributed by atoms with Gasteiger partial charge in [-0.2, -0.15) is 0 Å². The Morgan fingerprint density at radius 2 is 1.83 bits per heavy atom. The first kappa shape index (κ1) is 20.3. The zero-order valence-corrected chi connectivity index (χ0v) is 15.4. The highest BCUT2D eigenvalue weighted by Crippen LogP contribution is 2.15. The van der Waals surface area contributed by atoms with E-state index in [9.17, 15) is 9.59 Å². The van der Waals surface area contributed by atoms with Crippen molar-refractivity contribution >= 4 is 23.5 Å². The van der Waals surface area contributed by atoms with E-state index in [0.29, 0.717) is 30.6 Å². The molecular formula is C17H26ClN3O3. The standard InChI is InChI=1S/C17H26ClN3O3/c1-12(2)11-19-17(23)20-16(22)13(3)21(4)9-10-24-15-7-5-14(18)6-8-15/h5-8,12-13H,9-11H2,1-4H3,(H2,19,20,22,23)/t13-/m1/s1. The van der Waals surface area contributed by atoms with Gasteiger partial charge in [0.15, 0.2) is 0 Å². The van der Waals surface area contributed by atoms with Gasteiger partial charge in [0.1, 0.15) is 12.4 Å². The van der Waals surface area contributed by atoms with Crippen LogP contribution in [0.5, 0.6) is 5.75 Å². The van der Waals surface area contributed by atoms with E-state index in [-0.39, 0.29) is 5.91 Å². The van der Waals surface area contributed by atoms with E-state index < -0.39 is 12.1 Å². The van der Waals surface area contributed by atoms with Crippen LogP contribution < -0.4 is 15.4 Å². The minimum Gasteiger partial charge on any atom is -0.492 e. The van der Waals surface area contributed by atoms with Crippen molar-refractivity contribution < 1.29 is 14.3 Å². The van der Waals surface area contributed by atoms with Crippen LogP contribution >= 0.6 is 11.6 Å². The largest absolute Gasteiger partial charge is 0.492 e. The maximum Gasteiger partial charge on any atom is 0.321 e. The molecule has 0 aliphatic heterocycles. The molecule has 0 saturated heterocycles. The number of amides is 3. The maximum atomic E-state index is 12.0. The Balaban J connectivity index is 2.32. The van der Waals surface area contributed by atoms with Crippen LogP contribution in [0.25, 0.3) is 0 Å². The van der Waals surface area contributed by atoms with Gasteiger partial charge in [-0.25, -0.2) is 4.79 Å². The second-order valence-electron chi connectivity index (χ2n) is 6.05. The Kier molecular flexibility index (Phi) is 8.57. The molecule has 24 heavy (non-hydrogen) atoms. The number of rotatable bonds is 8. The molecule has 134 valence electrons. The van der Waals surface area contributed by atoms with E-state index >= 15 is 0 Å². The lowest BCUT2D eigenvalue weighted by atomic mass is 10.2. The van der Waals surface area contributed by atoms with E-state index in [1.54, 1.807) is 31.2 Å². The molecule has 0 fully saturated rings. The highest BCUT2D eigenvalue weighted by atomic mass is 35.5. The second kappa shape index (κ2) is 10.2. The molecule has 0 radical (unpaired) electrons. The Bertz CT molecular complexity index is 534. The van der Waals surface area contributed by atoms with Crippen molar-refractivity contribution in [1.29, 1.82) is 0 Å². The number of likely N-dealkylation sites (N-methyl/N-ethyl adjacent to an activating group) is 1. The van der Waals surface area contributed by atoms with Gasteiger partial charge in [0.2, 0.25) is 5.91 Å². The topological polar surface area (TPSA) is 70.7 Å². The maximum absolute atomic E-state index is 12.0. The summed E-state index contributed by atoms with van der Waals surface area (Å²) in [5.41, 5.74) is 0. The molecule has 1 rings (SSSR count). The molecule has 3 amide bonds. The smallest absolute Gasteiger partial charge is 0.321 e. The third-order valence-electron chi connectivity index (χ3n) is 3.47. The normalized spacial score (nSPS) is 12.1. The lowest BCUT2D eigenvalue weighted by molar-refractivity contribution is -0.124. The summed E-state index contributed by atoms with van der Waals surface area (Å²) in [5, 5.41) is 5.65. The van der Waals surface area contributed by atoms with Gasteiger partial charge in [-0.1, -0.05) is 25.4 Å². The SMILES string of the molecule is CC(C)CNC(=O)NC(=O)[C@@H](C)N(C)CCOc1ccc(Cl)cc1. The van der Waals surface area contributed by atoms with Crippen LogP contribution in [-0.4, -0.2) is 49.6 Å². The van der Waals surface area contributed by atoms with Crippen LogP contribution in [-0.2, 0) is 4.79 Å². The highest BCUT2D eigenvalue weighted by Gasteiger charge is 2.19. The fourth-order valence-electron chi connectivity index (χ4n) is 1.79. The molecule has 0 spiro atoms. The van der Waals surface area contributed by atoms with Gasteiger partial charge < -0.3 is 10.1 Å². The first-order valence-corrected chi connectivity index (χ1v) is 8.34. The number of benzene rings is 1. The number of ether oxygens (including phenoxy) is 1. The molecule has 0 bridgehead atoms. The van der Waals surface area contributed by atoms with E-state index in [1.165, 1.54) is 0 Å². The Morgan fingerprint density at radius 3 is 2.42 bits per heavy atom. The second-order valence-corrected chi connectivity index (χ2v) is 6.49. The van der Waals surface area contributed by atoms with Crippen LogP contribution in [0.1, 0.15) is 20.8 Å². The summed E-state index contributed by atoms with van der Waals surface area (Å²) in [6.45, 7) is 7.21. The summed E-state index contributed by atoms with van der Waals surface area (Å²) in [6.07, 6.45) is 0. The van der Waals surface area contributed by atoms with Crippen LogP contribution in [0.15, 0.2) is 24.3 Å². The Hall–Kier alpha value is -1.79. The summed E-state index contributed by atoms with van der Waals surface area (Å²) < 4.78 is 5.60. The predicted molar refractivity (Wildman–Crippen MR) is 95.4 cm³/mol. The number of hydrogen-bond acceptors (Lipinski definition) is 4. The van der Waals surface area contributed by atoms with Gasteiger partial charge in [0, 0.05) is 18.1 Å². The fourth-order valence-corrected chi connectivity index (χ4v) is 1.92. The predicted octanol–water partition coefficient (Wildman–Crippen LogP) is 2.52. The number of carbonyl (C=O) groups is 2. The molecule has 0 unspecified atom stereocenters. The molecule has 7 heteroatoms. The van der Waals surface area contributed by atoms with Gasteiger partial charge in [0.25, 0.3) is 0 Å². The average Bonchev–Trinajstić information content (AvgIpc) is 2.53. The number of imide groups is 1. The van der Waals surface area contributed by atoms with Crippen molar-refractivity contribution in [1.82, 2.24) is 15.5 Å². The Labute approximate surface area is 148 Å². The molecule has 2 N–H and O–H groups in total. The van der Waals surface area contributed by atoms with Gasteiger partial charge in [-0.3, -0.25) is 15.0 Å².